The van der Waals surface area contributed by atoms with Crippen molar-refractivity contribution in [1.29, 1.82) is 0 Å². The minimum Gasteiger partial charge on any atom is -0.493 e. The van der Waals surface area contributed by atoms with Gasteiger partial charge in [-0.3, -0.25) is 19.4 Å². The molecular weight excluding hydrogens is 732 g/mol. The van der Waals surface area contributed by atoms with Crippen molar-refractivity contribution in [1.82, 2.24) is 9.80 Å². The van der Waals surface area contributed by atoms with Crippen LogP contribution in [0.3, 0.4) is 0 Å². The van der Waals surface area contributed by atoms with Gasteiger partial charge < -0.3 is 42.6 Å². The van der Waals surface area contributed by atoms with Gasteiger partial charge in [-0.15, -0.1) is 0 Å². The molecule has 57 heavy (non-hydrogen) atoms. The summed E-state index contributed by atoms with van der Waals surface area (Å²) in [6.07, 6.45) is 6.29. The van der Waals surface area contributed by atoms with Crippen LogP contribution in [0.4, 0.5) is 0 Å². The third-order valence-corrected chi connectivity index (χ3v) is 10.9. The maximum absolute atomic E-state index is 12.9. The second kappa shape index (κ2) is 21.6. The summed E-state index contributed by atoms with van der Waals surface area (Å²) in [6.45, 7) is 4.23. The van der Waals surface area contributed by atoms with Gasteiger partial charge in [-0.1, -0.05) is 6.07 Å². The minimum atomic E-state index is -0.207. The van der Waals surface area contributed by atoms with Crippen LogP contribution in [0.25, 0.3) is 0 Å². The summed E-state index contributed by atoms with van der Waals surface area (Å²) in [5, 5.41) is 0. The Morgan fingerprint density at radius 2 is 1.18 bits per heavy atom. The van der Waals surface area contributed by atoms with Gasteiger partial charge in [0.25, 0.3) is 0 Å². The van der Waals surface area contributed by atoms with Gasteiger partial charge in [0.05, 0.1) is 75.8 Å². The average molecular weight is 793 g/mol. The molecule has 0 saturated carbocycles. The van der Waals surface area contributed by atoms with Crippen LogP contribution in [-0.4, -0.2) is 111 Å². The Balaban J connectivity index is 1.01. The maximum Gasteiger partial charge on any atom is 0.307 e. The molecule has 0 spiro atoms. The molecule has 0 N–H and O–H groups in total. The third kappa shape index (κ3) is 11.2. The number of ether oxygens (including phenoxy) is 9. The van der Waals surface area contributed by atoms with Gasteiger partial charge in [-0.2, -0.15) is 0 Å². The van der Waals surface area contributed by atoms with Crippen molar-refractivity contribution in [3.8, 4) is 40.2 Å². The number of esters is 2. The number of methoxy groups -OCH3 is 7. The van der Waals surface area contributed by atoms with Crippen LogP contribution in [0, 0.1) is 0 Å². The van der Waals surface area contributed by atoms with E-state index < -0.39 is 0 Å². The molecular formula is C44H60N2O11. The number of hydrogen-bond acceptors (Lipinski definition) is 13. The second-order valence-electron chi connectivity index (χ2n) is 14.3. The Kier molecular flexibility index (Phi) is 16.4. The first-order valence-corrected chi connectivity index (χ1v) is 19.8. The molecule has 2 heterocycles. The molecule has 0 unspecified atom stereocenters. The molecule has 0 radical (unpaired) electrons. The van der Waals surface area contributed by atoms with E-state index in [0.717, 1.165) is 68.3 Å². The Labute approximate surface area is 337 Å². The van der Waals surface area contributed by atoms with E-state index in [0.29, 0.717) is 92.4 Å². The molecule has 0 fully saturated rings. The van der Waals surface area contributed by atoms with Gasteiger partial charge in [0.1, 0.15) is 0 Å². The summed E-state index contributed by atoms with van der Waals surface area (Å²) in [6, 6.07) is 12.1. The van der Waals surface area contributed by atoms with E-state index in [-0.39, 0.29) is 18.0 Å². The zero-order valence-electron chi connectivity index (χ0n) is 34.7. The Morgan fingerprint density at radius 1 is 0.596 bits per heavy atom. The van der Waals surface area contributed by atoms with Crippen LogP contribution in [-0.2, 0) is 44.9 Å². The van der Waals surface area contributed by atoms with Gasteiger partial charge in [-0.25, -0.2) is 0 Å². The highest BCUT2D eigenvalue weighted by Crippen LogP contribution is 2.44. The van der Waals surface area contributed by atoms with Gasteiger partial charge in [0.2, 0.25) is 5.75 Å². The normalized spacial score (nSPS) is 15.2. The molecule has 0 amide bonds. The second-order valence-corrected chi connectivity index (χ2v) is 14.3. The molecule has 3 aromatic rings. The van der Waals surface area contributed by atoms with E-state index in [1.807, 2.05) is 18.2 Å². The lowest BCUT2D eigenvalue weighted by Gasteiger charge is -2.38. The zero-order valence-corrected chi connectivity index (χ0v) is 34.7. The van der Waals surface area contributed by atoms with Crippen molar-refractivity contribution in [3.63, 3.8) is 0 Å². The molecule has 13 heteroatoms. The lowest BCUT2D eigenvalue weighted by Crippen LogP contribution is -2.38. The average Bonchev–Trinajstić information content (AvgIpc) is 3.24. The molecule has 2 aliphatic heterocycles. The summed E-state index contributed by atoms with van der Waals surface area (Å²) < 4.78 is 50.2. The SMILES string of the molecule is COc1ccc(C[C@@H]2c3cc(OC)c(OC)cc3CCN2CCC(=O)OCCCCCCOC(=O)CCN2CCc3cc(OC)c(OC)c(OC)c3C2)cc1OC. The molecule has 13 nitrogen and oxygen atoms in total. The number of hydrogen-bond donors (Lipinski definition) is 0. The first kappa shape index (κ1) is 43.2. The van der Waals surface area contributed by atoms with Crippen molar-refractivity contribution >= 4 is 11.9 Å². The van der Waals surface area contributed by atoms with E-state index in [1.165, 1.54) is 11.1 Å². The highest BCUT2D eigenvalue weighted by atomic mass is 16.5. The minimum absolute atomic E-state index is 0.00891. The van der Waals surface area contributed by atoms with Crippen LogP contribution < -0.4 is 33.2 Å². The summed E-state index contributed by atoms with van der Waals surface area (Å²) in [5.74, 6) is 4.26. The van der Waals surface area contributed by atoms with E-state index in [9.17, 15) is 9.59 Å². The third-order valence-electron chi connectivity index (χ3n) is 10.9. The van der Waals surface area contributed by atoms with Crippen LogP contribution in [0.1, 0.15) is 72.4 Å². The molecule has 3 aromatic carbocycles. The molecule has 2 aliphatic rings. The number of carbonyl (C=O) groups is 2. The van der Waals surface area contributed by atoms with E-state index in [4.69, 9.17) is 42.6 Å². The Morgan fingerprint density at radius 3 is 1.81 bits per heavy atom. The van der Waals surface area contributed by atoms with Gasteiger partial charge in [-0.05, 0) is 97.5 Å². The topological polar surface area (TPSA) is 124 Å². The lowest BCUT2D eigenvalue weighted by molar-refractivity contribution is -0.145. The molecule has 0 bridgehead atoms. The fourth-order valence-corrected chi connectivity index (χ4v) is 7.81. The highest BCUT2D eigenvalue weighted by Gasteiger charge is 2.30. The van der Waals surface area contributed by atoms with Gasteiger partial charge in [0, 0.05) is 44.3 Å². The van der Waals surface area contributed by atoms with Crippen molar-refractivity contribution < 1.29 is 52.2 Å². The predicted octanol–water partition coefficient (Wildman–Crippen LogP) is 6.37. The summed E-state index contributed by atoms with van der Waals surface area (Å²) in [4.78, 5) is 30.0. The molecule has 1 atom stereocenters. The smallest absolute Gasteiger partial charge is 0.307 e. The highest BCUT2D eigenvalue weighted by molar-refractivity contribution is 5.70. The van der Waals surface area contributed by atoms with Crippen LogP contribution in [0.5, 0.6) is 40.2 Å². The molecule has 0 saturated heterocycles. The number of unbranched alkanes of at least 4 members (excludes halogenated alkanes) is 3. The van der Waals surface area contributed by atoms with Gasteiger partial charge >= 0.3 is 11.9 Å². The number of rotatable bonds is 22. The lowest BCUT2D eigenvalue weighted by atomic mass is 9.88. The number of benzene rings is 3. The summed E-state index contributed by atoms with van der Waals surface area (Å²) in [7, 11) is 11.4. The monoisotopic (exact) mass is 792 g/mol. The first-order valence-electron chi connectivity index (χ1n) is 19.8. The molecule has 0 aliphatic carbocycles. The van der Waals surface area contributed by atoms with Crippen LogP contribution in [0.15, 0.2) is 36.4 Å². The fourth-order valence-electron chi connectivity index (χ4n) is 7.81. The Hall–Kier alpha value is -4.88. The number of carbonyl (C=O) groups excluding carboxylic acids is 2. The van der Waals surface area contributed by atoms with Crippen molar-refractivity contribution in [2.24, 2.45) is 0 Å². The summed E-state index contributed by atoms with van der Waals surface area (Å²) >= 11 is 0. The molecule has 5 rings (SSSR count). The van der Waals surface area contributed by atoms with E-state index >= 15 is 0 Å². The first-order chi connectivity index (χ1) is 27.8. The van der Waals surface area contributed by atoms with E-state index in [2.05, 4.69) is 28.0 Å². The Bertz CT molecular complexity index is 1800. The number of fused-ring (bicyclic) bond motifs is 2. The number of nitrogens with zero attached hydrogens (tertiary/aromatic N) is 2. The quantitative estimate of drug-likeness (QED) is 0.0828. The van der Waals surface area contributed by atoms with Crippen molar-refractivity contribution in [3.05, 3.63) is 64.2 Å². The maximum atomic E-state index is 12.9. The van der Waals surface area contributed by atoms with Crippen molar-refractivity contribution in [2.45, 2.75) is 70.4 Å². The van der Waals surface area contributed by atoms with Crippen LogP contribution >= 0.6 is 0 Å². The molecule has 312 valence electrons. The summed E-state index contributed by atoms with van der Waals surface area (Å²) in [5.41, 5.74) is 5.69. The predicted molar refractivity (Wildman–Crippen MR) is 216 cm³/mol. The standard InChI is InChI=1S/C44H60N2O11/c1-49-36-13-12-30(25-37(36)50-2)24-35-33-28-39(52-4)38(51-3)26-31(33)15-20-46(35)21-17-42(48)57-23-11-9-8-10-22-56-41(47)16-19-45-18-14-32-27-40(53-5)44(55-7)43(54-6)34(32)29-45/h12-13,25-28,35H,8-11,14-24,29H2,1-7H3/t35-/m1/s1. The van der Waals surface area contributed by atoms with Crippen LogP contribution in [0.2, 0.25) is 0 Å². The molecule has 0 aromatic heterocycles. The van der Waals surface area contributed by atoms with Crippen molar-refractivity contribution in [2.75, 3.05) is 89.2 Å². The zero-order chi connectivity index (χ0) is 40.7. The largest absolute Gasteiger partial charge is 0.493 e. The van der Waals surface area contributed by atoms with E-state index in [1.54, 1.807) is 49.8 Å². The fraction of sp³-hybridized carbons (Fsp3) is 0.545. The van der Waals surface area contributed by atoms with Gasteiger partial charge in [0.15, 0.2) is 34.5 Å².